The highest BCUT2D eigenvalue weighted by atomic mass is 79.9. The molecule has 4 nitrogen and oxygen atoms in total. The van der Waals surface area contributed by atoms with Crippen LogP contribution in [0.5, 0.6) is 0 Å². The number of hydrogen-bond donors (Lipinski definition) is 2. The second-order valence-corrected chi connectivity index (χ2v) is 7.16. The van der Waals surface area contributed by atoms with Crippen molar-refractivity contribution in [3.05, 3.63) is 52.0 Å². The molecular formula is C14H15BrN2O2S. The molecule has 0 saturated heterocycles. The van der Waals surface area contributed by atoms with E-state index >= 15 is 0 Å². The zero-order chi connectivity index (χ0) is 14.9. The van der Waals surface area contributed by atoms with Crippen molar-refractivity contribution in [3.63, 3.8) is 0 Å². The van der Waals surface area contributed by atoms with E-state index in [-0.39, 0.29) is 4.90 Å². The highest BCUT2D eigenvalue weighted by Gasteiger charge is 2.18. The Morgan fingerprint density at radius 2 is 1.70 bits per heavy atom. The smallest absolute Gasteiger partial charge is 0.262 e. The van der Waals surface area contributed by atoms with Crippen LogP contribution >= 0.6 is 15.9 Å². The van der Waals surface area contributed by atoms with Crippen LogP contribution in [0.4, 0.5) is 11.4 Å². The molecule has 20 heavy (non-hydrogen) atoms. The number of sulfonamides is 1. The molecule has 0 amide bonds. The first-order valence-corrected chi connectivity index (χ1v) is 8.22. The predicted molar refractivity (Wildman–Crippen MR) is 85.3 cm³/mol. The van der Waals surface area contributed by atoms with E-state index in [0.717, 1.165) is 10.0 Å². The zero-order valence-corrected chi connectivity index (χ0v) is 13.5. The molecule has 0 aliphatic carbocycles. The fourth-order valence-electron chi connectivity index (χ4n) is 1.81. The van der Waals surface area contributed by atoms with Crippen LogP contribution in [0.15, 0.2) is 45.8 Å². The first-order valence-electron chi connectivity index (χ1n) is 5.95. The summed E-state index contributed by atoms with van der Waals surface area (Å²) in [5.41, 5.74) is 8.13. The molecule has 0 bridgehead atoms. The van der Waals surface area contributed by atoms with Gasteiger partial charge < -0.3 is 5.73 Å². The molecule has 2 rings (SSSR count). The number of nitrogens with one attached hydrogen (secondary N) is 1. The van der Waals surface area contributed by atoms with E-state index in [9.17, 15) is 8.42 Å². The highest BCUT2D eigenvalue weighted by Crippen LogP contribution is 2.25. The molecule has 2 aromatic carbocycles. The van der Waals surface area contributed by atoms with Crippen LogP contribution in [0.3, 0.4) is 0 Å². The van der Waals surface area contributed by atoms with Gasteiger partial charge in [0.05, 0.1) is 10.6 Å². The Kier molecular flexibility index (Phi) is 4.06. The molecule has 3 N–H and O–H groups in total. The largest absolute Gasteiger partial charge is 0.399 e. The van der Waals surface area contributed by atoms with Gasteiger partial charge in [0.1, 0.15) is 0 Å². The van der Waals surface area contributed by atoms with Crippen molar-refractivity contribution < 1.29 is 8.42 Å². The SMILES string of the molecule is Cc1ccc(Br)cc1NS(=O)(=O)c1cc(N)ccc1C. The van der Waals surface area contributed by atoms with E-state index in [2.05, 4.69) is 20.7 Å². The molecule has 0 heterocycles. The molecule has 0 spiro atoms. The summed E-state index contributed by atoms with van der Waals surface area (Å²) in [6.45, 7) is 3.58. The lowest BCUT2D eigenvalue weighted by molar-refractivity contribution is 0.600. The number of aryl methyl sites for hydroxylation is 2. The lowest BCUT2D eigenvalue weighted by Gasteiger charge is -2.13. The minimum atomic E-state index is -3.66. The Balaban J connectivity index is 2.46. The maximum Gasteiger partial charge on any atom is 0.262 e. The molecule has 0 aliphatic rings. The lowest BCUT2D eigenvalue weighted by atomic mass is 10.2. The van der Waals surface area contributed by atoms with Gasteiger partial charge >= 0.3 is 0 Å². The normalized spacial score (nSPS) is 11.3. The number of rotatable bonds is 3. The Morgan fingerprint density at radius 3 is 2.40 bits per heavy atom. The molecule has 0 fully saturated rings. The highest BCUT2D eigenvalue weighted by molar-refractivity contribution is 9.10. The van der Waals surface area contributed by atoms with Crippen molar-refractivity contribution in [1.29, 1.82) is 0 Å². The average molecular weight is 355 g/mol. The topological polar surface area (TPSA) is 72.2 Å². The van der Waals surface area contributed by atoms with E-state index in [1.807, 2.05) is 19.1 Å². The summed E-state index contributed by atoms with van der Waals surface area (Å²) in [6.07, 6.45) is 0. The number of nitrogens with two attached hydrogens (primary N) is 1. The second kappa shape index (κ2) is 5.46. The monoisotopic (exact) mass is 354 g/mol. The third kappa shape index (κ3) is 3.13. The van der Waals surface area contributed by atoms with Crippen LogP contribution in [0.2, 0.25) is 0 Å². The Hall–Kier alpha value is -1.53. The van der Waals surface area contributed by atoms with Crippen molar-refractivity contribution in [2.45, 2.75) is 18.7 Å². The number of benzene rings is 2. The van der Waals surface area contributed by atoms with Crippen molar-refractivity contribution in [2.24, 2.45) is 0 Å². The van der Waals surface area contributed by atoms with Gasteiger partial charge in [-0.25, -0.2) is 8.42 Å². The van der Waals surface area contributed by atoms with E-state index < -0.39 is 10.0 Å². The van der Waals surface area contributed by atoms with Gasteiger partial charge in [0, 0.05) is 10.2 Å². The molecule has 0 saturated carbocycles. The first kappa shape index (κ1) is 14.9. The van der Waals surface area contributed by atoms with Gasteiger partial charge in [-0.15, -0.1) is 0 Å². The van der Waals surface area contributed by atoms with Crippen molar-refractivity contribution in [2.75, 3.05) is 10.5 Å². The fourth-order valence-corrected chi connectivity index (χ4v) is 3.57. The van der Waals surface area contributed by atoms with E-state index in [1.165, 1.54) is 6.07 Å². The predicted octanol–water partition coefficient (Wildman–Crippen LogP) is 3.45. The molecule has 0 atom stereocenters. The van der Waals surface area contributed by atoms with Gasteiger partial charge in [-0.2, -0.15) is 0 Å². The molecule has 106 valence electrons. The van der Waals surface area contributed by atoms with Gasteiger partial charge in [0.25, 0.3) is 10.0 Å². The van der Waals surface area contributed by atoms with E-state index in [4.69, 9.17) is 5.73 Å². The Bertz CT molecular complexity index is 758. The summed E-state index contributed by atoms with van der Waals surface area (Å²) in [7, 11) is -3.66. The summed E-state index contributed by atoms with van der Waals surface area (Å²) >= 11 is 3.33. The van der Waals surface area contributed by atoms with Crippen molar-refractivity contribution in [3.8, 4) is 0 Å². The summed E-state index contributed by atoms with van der Waals surface area (Å²) in [5, 5.41) is 0. The number of nitrogen functional groups attached to an aromatic ring is 1. The van der Waals surface area contributed by atoms with E-state index in [0.29, 0.717) is 16.9 Å². The van der Waals surface area contributed by atoms with Crippen LogP contribution in [0.25, 0.3) is 0 Å². The molecule has 0 aliphatic heterocycles. The molecular weight excluding hydrogens is 340 g/mol. The van der Waals surface area contributed by atoms with E-state index in [1.54, 1.807) is 25.1 Å². The molecule has 0 unspecified atom stereocenters. The maximum atomic E-state index is 12.5. The third-order valence-corrected chi connectivity index (χ3v) is 4.95. The number of anilines is 2. The molecule has 6 heteroatoms. The van der Waals surface area contributed by atoms with Crippen LogP contribution in [-0.2, 0) is 10.0 Å². The summed E-state index contributed by atoms with van der Waals surface area (Å²) in [4.78, 5) is 0.192. The van der Waals surface area contributed by atoms with Crippen LogP contribution < -0.4 is 10.5 Å². The quantitative estimate of drug-likeness (QED) is 0.829. The first-order chi connectivity index (χ1) is 9.29. The minimum absolute atomic E-state index is 0.192. The molecule has 2 aromatic rings. The average Bonchev–Trinajstić information content (AvgIpc) is 2.36. The Labute approximate surface area is 127 Å². The van der Waals surface area contributed by atoms with Gasteiger partial charge in [0.15, 0.2) is 0 Å². The number of halogens is 1. The standard InChI is InChI=1S/C14H15BrN2O2S/c1-9-3-5-11(15)7-13(9)17-20(18,19)14-8-12(16)6-4-10(14)2/h3-8,17H,16H2,1-2H3. The zero-order valence-electron chi connectivity index (χ0n) is 11.1. The van der Waals surface area contributed by atoms with Crippen LogP contribution in [0, 0.1) is 13.8 Å². The molecule has 0 aromatic heterocycles. The summed E-state index contributed by atoms with van der Waals surface area (Å²) in [5.74, 6) is 0. The fraction of sp³-hybridized carbons (Fsp3) is 0.143. The Morgan fingerprint density at radius 1 is 1.05 bits per heavy atom. The van der Waals surface area contributed by atoms with Gasteiger partial charge in [-0.05, 0) is 49.2 Å². The van der Waals surface area contributed by atoms with Crippen molar-refractivity contribution in [1.82, 2.24) is 0 Å². The van der Waals surface area contributed by atoms with Crippen molar-refractivity contribution >= 4 is 37.3 Å². The maximum absolute atomic E-state index is 12.5. The van der Waals surface area contributed by atoms with Gasteiger partial charge in [-0.1, -0.05) is 28.1 Å². The third-order valence-electron chi connectivity index (χ3n) is 2.95. The summed E-state index contributed by atoms with van der Waals surface area (Å²) < 4.78 is 28.3. The number of hydrogen-bond acceptors (Lipinski definition) is 3. The van der Waals surface area contributed by atoms with Gasteiger partial charge in [-0.3, -0.25) is 4.72 Å². The minimum Gasteiger partial charge on any atom is -0.399 e. The lowest BCUT2D eigenvalue weighted by Crippen LogP contribution is -2.15. The van der Waals surface area contributed by atoms with Gasteiger partial charge in [0.2, 0.25) is 0 Å². The molecule has 0 radical (unpaired) electrons. The van der Waals surface area contributed by atoms with Crippen LogP contribution in [0.1, 0.15) is 11.1 Å². The second-order valence-electron chi connectivity index (χ2n) is 4.59. The van der Waals surface area contributed by atoms with Crippen LogP contribution in [-0.4, -0.2) is 8.42 Å². The summed E-state index contributed by atoms with van der Waals surface area (Å²) in [6, 6.07) is 10.3.